The van der Waals surface area contributed by atoms with E-state index in [0.717, 1.165) is 0 Å². The summed E-state index contributed by atoms with van der Waals surface area (Å²) in [5.41, 5.74) is 0.956. The molecule has 0 aliphatic carbocycles. The van der Waals surface area contributed by atoms with Crippen LogP contribution in [0.3, 0.4) is 0 Å². The van der Waals surface area contributed by atoms with E-state index in [2.05, 4.69) is 15.0 Å². The molecule has 0 aliphatic heterocycles. The van der Waals surface area contributed by atoms with Crippen LogP contribution in [0.1, 0.15) is 5.69 Å². The van der Waals surface area contributed by atoms with Crippen molar-refractivity contribution in [1.29, 1.82) is 0 Å². The first-order chi connectivity index (χ1) is 10.2. The second kappa shape index (κ2) is 5.76. The van der Waals surface area contributed by atoms with Crippen LogP contribution in [0.5, 0.6) is 5.95 Å². The molecule has 0 fully saturated rings. The van der Waals surface area contributed by atoms with Gasteiger partial charge in [0.15, 0.2) is 11.5 Å². The van der Waals surface area contributed by atoms with Crippen LogP contribution in [0.25, 0.3) is 11.5 Å². The normalized spacial score (nSPS) is 11.1. The van der Waals surface area contributed by atoms with Gasteiger partial charge in [-0.3, -0.25) is 0 Å². The predicted octanol–water partition coefficient (Wildman–Crippen LogP) is 3.85. The van der Waals surface area contributed by atoms with E-state index in [0.29, 0.717) is 22.3 Å². The van der Waals surface area contributed by atoms with Crippen LogP contribution in [0.4, 0.5) is 5.82 Å². The third-order valence-corrected chi connectivity index (χ3v) is 2.95. The van der Waals surface area contributed by atoms with Gasteiger partial charge in [0.05, 0.1) is 6.21 Å². The molecule has 1 aromatic carbocycles. The molecule has 0 amide bonds. The van der Waals surface area contributed by atoms with Crippen LogP contribution < -0.4 is 0 Å². The zero-order valence-electron chi connectivity index (χ0n) is 10.8. The van der Waals surface area contributed by atoms with Crippen LogP contribution >= 0.6 is 11.6 Å². The van der Waals surface area contributed by atoms with Crippen LogP contribution in [-0.4, -0.2) is 21.3 Å². The summed E-state index contributed by atoms with van der Waals surface area (Å²) in [7, 11) is 0. The monoisotopic (exact) mass is 299 g/mol. The lowest BCUT2D eigenvalue weighted by Crippen LogP contribution is -1.83. The second-order valence-corrected chi connectivity index (χ2v) is 4.60. The molecule has 104 valence electrons. The molecule has 1 N–H and O–H groups in total. The van der Waals surface area contributed by atoms with Crippen molar-refractivity contribution in [2.75, 3.05) is 0 Å². The fourth-order valence-electron chi connectivity index (χ4n) is 1.68. The number of aromatic hydroxyl groups is 1. The molecule has 0 unspecified atom stereocenters. The zero-order chi connectivity index (χ0) is 14.7. The van der Waals surface area contributed by atoms with Crippen LogP contribution in [0.15, 0.2) is 58.1 Å². The Hall–Kier alpha value is -2.66. The summed E-state index contributed by atoms with van der Waals surface area (Å²) in [4.78, 5) is 12.4. The lowest BCUT2D eigenvalue weighted by atomic mass is 10.2. The Labute approximate surface area is 125 Å². The number of benzene rings is 1. The minimum atomic E-state index is -0.292. The summed E-state index contributed by atoms with van der Waals surface area (Å²) in [6.07, 6.45) is 3.04. The van der Waals surface area contributed by atoms with Crippen LogP contribution in [0.2, 0.25) is 5.02 Å². The predicted molar refractivity (Wildman–Crippen MR) is 80.1 cm³/mol. The van der Waals surface area contributed by atoms with Gasteiger partial charge in [-0.25, -0.2) is 15.0 Å². The van der Waals surface area contributed by atoms with Crippen molar-refractivity contribution in [3.05, 3.63) is 59.4 Å². The number of oxazole rings is 1. The fourth-order valence-corrected chi connectivity index (χ4v) is 1.81. The van der Waals surface area contributed by atoms with E-state index in [-0.39, 0.29) is 11.6 Å². The van der Waals surface area contributed by atoms with Crippen molar-refractivity contribution in [2.45, 2.75) is 0 Å². The topological polar surface area (TPSA) is 71.5 Å². The number of nitrogens with zero attached hydrogens (tertiary/aromatic N) is 3. The molecule has 0 radical (unpaired) electrons. The molecule has 0 spiro atoms. The molecular formula is C15H10ClN3O2. The molecule has 6 heteroatoms. The number of aliphatic imine (C=N–C) groups is 1. The summed E-state index contributed by atoms with van der Waals surface area (Å²) < 4.78 is 5.22. The molecular weight excluding hydrogens is 290 g/mol. The molecule has 3 rings (SSSR count). The first kappa shape index (κ1) is 13.3. The first-order valence-corrected chi connectivity index (χ1v) is 6.51. The van der Waals surface area contributed by atoms with Crippen molar-refractivity contribution >= 4 is 23.6 Å². The average Bonchev–Trinajstić information content (AvgIpc) is 2.88. The van der Waals surface area contributed by atoms with E-state index in [1.807, 2.05) is 6.07 Å². The van der Waals surface area contributed by atoms with Gasteiger partial charge in [0.2, 0.25) is 5.89 Å². The van der Waals surface area contributed by atoms with E-state index in [4.69, 9.17) is 16.0 Å². The Balaban J connectivity index is 1.88. The highest BCUT2D eigenvalue weighted by Crippen LogP contribution is 2.26. The minimum Gasteiger partial charge on any atom is -0.479 e. The van der Waals surface area contributed by atoms with Crippen molar-refractivity contribution in [2.24, 2.45) is 4.99 Å². The fraction of sp³-hybridized carbons (Fsp3) is 0. The largest absolute Gasteiger partial charge is 0.479 e. The molecule has 5 nitrogen and oxygen atoms in total. The summed E-state index contributed by atoms with van der Waals surface area (Å²) in [5.74, 6) is 0.527. The summed E-state index contributed by atoms with van der Waals surface area (Å²) >= 11 is 5.82. The Bertz CT molecular complexity index is 767. The standard InChI is InChI=1S/C15H10ClN3O2/c16-11-6-4-10(5-7-11)14-19-12(15(20)21-14)9-18-13-3-1-2-8-17-13/h1-9,20H. The maximum Gasteiger partial charge on any atom is 0.312 e. The van der Waals surface area contributed by atoms with E-state index in [1.165, 1.54) is 6.21 Å². The van der Waals surface area contributed by atoms with Gasteiger partial charge in [-0.15, -0.1) is 0 Å². The highest BCUT2D eigenvalue weighted by molar-refractivity contribution is 6.30. The lowest BCUT2D eigenvalue weighted by molar-refractivity contribution is 0.337. The van der Waals surface area contributed by atoms with E-state index < -0.39 is 0 Å². The van der Waals surface area contributed by atoms with Crippen LogP contribution in [0, 0.1) is 0 Å². The number of rotatable bonds is 3. The van der Waals surface area contributed by atoms with Gasteiger partial charge in [-0.1, -0.05) is 17.7 Å². The van der Waals surface area contributed by atoms with Crippen molar-refractivity contribution in [3.63, 3.8) is 0 Å². The quantitative estimate of drug-likeness (QED) is 0.746. The van der Waals surface area contributed by atoms with Gasteiger partial charge >= 0.3 is 5.95 Å². The Morgan fingerprint density at radius 2 is 1.95 bits per heavy atom. The molecule has 0 aliphatic rings. The van der Waals surface area contributed by atoms with Gasteiger partial charge in [0, 0.05) is 16.8 Å². The minimum absolute atomic E-state index is 0.241. The summed E-state index contributed by atoms with van der Waals surface area (Å²) in [5, 5.41) is 10.4. The summed E-state index contributed by atoms with van der Waals surface area (Å²) in [6.45, 7) is 0. The van der Waals surface area contributed by atoms with Gasteiger partial charge in [-0.2, -0.15) is 0 Å². The lowest BCUT2D eigenvalue weighted by Gasteiger charge is -1.93. The second-order valence-electron chi connectivity index (χ2n) is 4.16. The molecule has 0 bridgehead atoms. The van der Waals surface area contributed by atoms with Crippen molar-refractivity contribution in [1.82, 2.24) is 9.97 Å². The maximum atomic E-state index is 9.76. The van der Waals surface area contributed by atoms with Gasteiger partial charge in [0.25, 0.3) is 0 Å². The third kappa shape index (κ3) is 3.09. The number of aromatic nitrogens is 2. The Morgan fingerprint density at radius 3 is 2.67 bits per heavy atom. The van der Waals surface area contributed by atoms with E-state index in [9.17, 15) is 5.11 Å². The molecule has 3 aromatic rings. The molecule has 0 saturated carbocycles. The van der Waals surface area contributed by atoms with Crippen LogP contribution in [-0.2, 0) is 0 Å². The molecule has 0 atom stereocenters. The first-order valence-electron chi connectivity index (χ1n) is 6.13. The van der Waals surface area contributed by atoms with E-state index in [1.54, 1.807) is 42.6 Å². The van der Waals surface area contributed by atoms with Gasteiger partial charge in [0.1, 0.15) is 0 Å². The van der Waals surface area contributed by atoms with Crippen molar-refractivity contribution in [3.8, 4) is 17.4 Å². The maximum absolute atomic E-state index is 9.76. The average molecular weight is 300 g/mol. The van der Waals surface area contributed by atoms with E-state index >= 15 is 0 Å². The molecule has 2 heterocycles. The van der Waals surface area contributed by atoms with Gasteiger partial charge < -0.3 is 9.52 Å². The SMILES string of the molecule is Oc1oc(-c2ccc(Cl)cc2)nc1C=Nc1ccccn1. The molecule has 21 heavy (non-hydrogen) atoms. The number of pyridine rings is 1. The third-order valence-electron chi connectivity index (χ3n) is 2.69. The van der Waals surface area contributed by atoms with Gasteiger partial charge in [-0.05, 0) is 36.4 Å². The zero-order valence-corrected chi connectivity index (χ0v) is 11.5. The number of halogens is 1. The highest BCUT2D eigenvalue weighted by Gasteiger charge is 2.12. The highest BCUT2D eigenvalue weighted by atomic mass is 35.5. The van der Waals surface area contributed by atoms with Crippen molar-refractivity contribution < 1.29 is 9.52 Å². The number of hydrogen-bond donors (Lipinski definition) is 1. The molecule has 2 aromatic heterocycles. The molecule has 0 saturated heterocycles. The smallest absolute Gasteiger partial charge is 0.312 e. The Kier molecular flexibility index (Phi) is 3.66. The Morgan fingerprint density at radius 1 is 1.14 bits per heavy atom. The summed E-state index contributed by atoms with van der Waals surface area (Å²) in [6, 6.07) is 12.3. The number of hydrogen-bond acceptors (Lipinski definition) is 5.